The van der Waals surface area contributed by atoms with Crippen LogP contribution in [-0.2, 0) is 0 Å². The fourth-order valence-corrected chi connectivity index (χ4v) is 1.99. The van der Waals surface area contributed by atoms with Crippen molar-refractivity contribution in [2.24, 2.45) is 0 Å². The van der Waals surface area contributed by atoms with E-state index in [-0.39, 0.29) is 0 Å². The summed E-state index contributed by atoms with van der Waals surface area (Å²) in [5.41, 5.74) is 1.35. The van der Waals surface area contributed by atoms with Crippen LogP contribution in [0, 0.1) is 0 Å². The van der Waals surface area contributed by atoms with Gasteiger partial charge in [-0.3, -0.25) is 0 Å². The molecule has 0 amide bonds. The van der Waals surface area contributed by atoms with Crippen molar-refractivity contribution in [2.75, 3.05) is 11.9 Å². The van der Waals surface area contributed by atoms with E-state index < -0.39 is 0 Å². The van der Waals surface area contributed by atoms with Gasteiger partial charge in [0.1, 0.15) is 17.3 Å². The lowest BCUT2D eigenvalue weighted by atomic mass is 9.99. The van der Waals surface area contributed by atoms with Crippen molar-refractivity contribution in [2.45, 2.75) is 33.1 Å². The smallest absolute Gasteiger partial charge is 0.132 e. The lowest BCUT2D eigenvalue weighted by Gasteiger charge is -2.11. The van der Waals surface area contributed by atoms with E-state index in [1.807, 2.05) is 31.2 Å². The van der Waals surface area contributed by atoms with Gasteiger partial charge in [0.2, 0.25) is 0 Å². The molecule has 3 nitrogen and oxygen atoms in total. The third kappa shape index (κ3) is 3.73. The molecule has 0 saturated carbocycles. The van der Waals surface area contributed by atoms with Gasteiger partial charge in [0.15, 0.2) is 0 Å². The Morgan fingerprint density at radius 1 is 1.10 bits per heavy atom. The van der Waals surface area contributed by atoms with Gasteiger partial charge >= 0.3 is 0 Å². The molecule has 0 bridgehead atoms. The molecule has 0 fully saturated rings. The summed E-state index contributed by atoms with van der Waals surface area (Å²) < 4.78 is 5.85. The molecule has 1 N–H and O–H groups in total. The van der Waals surface area contributed by atoms with Crippen molar-refractivity contribution in [3.63, 3.8) is 0 Å². The number of nitrogens with zero attached hydrogens (tertiary/aromatic N) is 1. The van der Waals surface area contributed by atoms with Crippen LogP contribution in [0.15, 0.2) is 42.6 Å². The number of anilines is 1. The number of benzene rings is 1. The highest BCUT2D eigenvalue weighted by Crippen LogP contribution is 2.26. The number of rotatable bonds is 6. The van der Waals surface area contributed by atoms with E-state index in [0.29, 0.717) is 5.92 Å². The van der Waals surface area contributed by atoms with Crippen molar-refractivity contribution >= 4 is 5.82 Å². The van der Waals surface area contributed by atoms with Gasteiger partial charge in [-0.1, -0.05) is 26.0 Å². The summed E-state index contributed by atoms with van der Waals surface area (Å²) >= 11 is 0. The van der Waals surface area contributed by atoms with Crippen LogP contribution in [0.4, 0.5) is 5.82 Å². The Hall–Kier alpha value is -2.03. The van der Waals surface area contributed by atoms with Crippen molar-refractivity contribution in [3.05, 3.63) is 48.2 Å². The molecule has 106 valence electrons. The first-order valence-corrected chi connectivity index (χ1v) is 7.20. The molecule has 3 heteroatoms. The largest absolute Gasteiger partial charge is 0.457 e. The van der Waals surface area contributed by atoms with Gasteiger partial charge in [-0.15, -0.1) is 0 Å². The second-order valence-electron chi connectivity index (χ2n) is 4.89. The second kappa shape index (κ2) is 6.94. The minimum Gasteiger partial charge on any atom is -0.457 e. The summed E-state index contributed by atoms with van der Waals surface area (Å²) in [5.74, 6) is 3.07. The maximum Gasteiger partial charge on any atom is 0.132 e. The molecule has 1 unspecified atom stereocenters. The van der Waals surface area contributed by atoms with Crippen LogP contribution in [0.25, 0.3) is 0 Å². The third-order valence-corrected chi connectivity index (χ3v) is 3.39. The zero-order valence-corrected chi connectivity index (χ0v) is 12.4. The standard InChI is InChI=1S/C17H22N2O/c1-4-13(3)14-6-8-15(9-7-14)20-16-10-11-19-17(12-16)18-5-2/h6-13H,4-5H2,1-3H3,(H,18,19). The molecule has 2 rings (SSSR count). The van der Waals surface area contributed by atoms with E-state index in [9.17, 15) is 0 Å². The molecule has 2 aromatic rings. The van der Waals surface area contributed by atoms with Crippen LogP contribution in [0.5, 0.6) is 11.5 Å². The van der Waals surface area contributed by atoms with Gasteiger partial charge in [-0.05, 0) is 43.0 Å². The molecular formula is C17H22N2O. The highest BCUT2D eigenvalue weighted by Gasteiger charge is 2.04. The number of hydrogen-bond acceptors (Lipinski definition) is 3. The molecule has 1 heterocycles. The quantitative estimate of drug-likeness (QED) is 0.817. The molecule has 0 aliphatic carbocycles. The highest BCUT2D eigenvalue weighted by atomic mass is 16.5. The van der Waals surface area contributed by atoms with E-state index >= 15 is 0 Å². The SMILES string of the molecule is CCNc1cc(Oc2ccc(C(C)CC)cc2)ccn1. The topological polar surface area (TPSA) is 34.1 Å². The summed E-state index contributed by atoms with van der Waals surface area (Å²) in [5, 5.41) is 3.17. The predicted molar refractivity (Wildman–Crippen MR) is 83.6 cm³/mol. The highest BCUT2D eigenvalue weighted by molar-refractivity contribution is 5.42. The zero-order valence-electron chi connectivity index (χ0n) is 12.4. The van der Waals surface area contributed by atoms with Gasteiger partial charge < -0.3 is 10.1 Å². The van der Waals surface area contributed by atoms with E-state index in [0.717, 1.165) is 30.3 Å². The van der Waals surface area contributed by atoms with Gasteiger partial charge in [0.25, 0.3) is 0 Å². The Morgan fingerprint density at radius 3 is 2.50 bits per heavy atom. The number of ether oxygens (including phenoxy) is 1. The Labute approximate surface area is 121 Å². The molecule has 1 aromatic heterocycles. The normalized spacial score (nSPS) is 11.9. The second-order valence-corrected chi connectivity index (χ2v) is 4.89. The van der Waals surface area contributed by atoms with Gasteiger partial charge in [-0.2, -0.15) is 0 Å². The van der Waals surface area contributed by atoms with Crippen molar-refractivity contribution < 1.29 is 4.74 Å². The van der Waals surface area contributed by atoms with E-state index in [2.05, 4.69) is 36.3 Å². The first kappa shape index (κ1) is 14.4. The Bertz CT molecular complexity index is 537. The summed E-state index contributed by atoms with van der Waals surface area (Å²) in [6.07, 6.45) is 2.90. The molecule has 20 heavy (non-hydrogen) atoms. The molecular weight excluding hydrogens is 248 g/mol. The average Bonchev–Trinajstić information content (AvgIpc) is 2.48. The number of hydrogen-bond donors (Lipinski definition) is 1. The summed E-state index contributed by atoms with van der Waals surface area (Å²) in [6.45, 7) is 7.33. The number of pyridine rings is 1. The van der Waals surface area contributed by atoms with E-state index in [1.165, 1.54) is 5.56 Å². The Balaban J connectivity index is 2.08. The fraction of sp³-hybridized carbons (Fsp3) is 0.353. The molecule has 1 aromatic carbocycles. The molecule has 0 spiro atoms. The maximum absolute atomic E-state index is 5.85. The average molecular weight is 270 g/mol. The van der Waals surface area contributed by atoms with Crippen molar-refractivity contribution in [1.82, 2.24) is 4.98 Å². The summed E-state index contributed by atoms with van der Waals surface area (Å²) in [4.78, 5) is 4.23. The third-order valence-electron chi connectivity index (χ3n) is 3.39. The van der Waals surface area contributed by atoms with Gasteiger partial charge in [0, 0.05) is 18.8 Å². The molecule has 0 aliphatic rings. The van der Waals surface area contributed by atoms with Crippen LogP contribution in [0.1, 0.15) is 38.7 Å². The van der Waals surface area contributed by atoms with Crippen molar-refractivity contribution in [1.29, 1.82) is 0 Å². The molecule has 0 radical (unpaired) electrons. The van der Waals surface area contributed by atoms with Crippen molar-refractivity contribution in [3.8, 4) is 11.5 Å². The van der Waals surface area contributed by atoms with Gasteiger partial charge in [0.05, 0.1) is 0 Å². The van der Waals surface area contributed by atoms with Crippen LogP contribution >= 0.6 is 0 Å². The van der Waals surface area contributed by atoms with Crippen LogP contribution in [0.3, 0.4) is 0 Å². The molecule has 0 saturated heterocycles. The lowest BCUT2D eigenvalue weighted by Crippen LogP contribution is -1.98. The monoisotopic (exact) mass is 270 g/mol. The summed E-state index contributed by atoms with van der Waals surface area (Å²) in [6, 6.07) is 12.1. The Morgan fingerprint density at radius 2 is 1.85 bits per heavy atom. The first-order valence-electron chi connectivity index (χ1n) is 7.20. The Kier molecular flexibility index (Phi) is 4.99. The van der Waals surface area contributed by atoms with E-state index in [1.54, 1.807) is 6.20 Å². The van der Waals surface area contributed by atoms with E-state index in [4.69, 9.17) is 4.74 Å². The zero-order chi connectivity index (χ0) is 14.4. The fourth-order valence-electron chi connectivity index (χ4n) is 1.99. The minimum atomic E-state index is 0.588. The van der Waals surface area contributed by atoms with Crippen LogP contribution < -0.4 is 10.1 Å². The minimum absolute atomic E-state index is 0.588. The number of aromatic nitrogens is 1. The molecule has 1 atom stereocenters. The maximum atomic E-state index is 5.85. The number of nitrogens with one attached hydrogen (secondary N) is 1. The lowest BCUT2D eigenvalue weighted by molar-refractivity contribution is 0.482. The van der Waals surface area contributed by atoms with Crippen LogP contribution in [-0.4, -0.2) is 11.5 Å². The summed E-state index contributed by atoms with van der Waals surface area (Å²) in [7, 11) is 0. The first-order chi connectivity index (χ1) is 9.72. The molecule has 0 aliphatic heterocycles. The van der Waals surface area contributed by atoms with Gasteiger partial charge in [-0.25, -0.2) is 4.98 Å². The predicted octanol–water partition coefficient (Wildman–Crippen LogP) is 4.82. The van der Waals surface area contributed by atoms with Crippen LogP contribution in [0.2, 0.25) is 0 Å².